The molecule has 1 saturated heterocycles. The van der Waals surface area contributed by atoms with Gasteiger partial charge in [0.15, 0.2) is 14.0 Å². The van der Waals surface area contributed by atoms with Gasteiger partial charge in [0.1, 0.15) is 29.0 Å². The topological polar surface area (TPSA) is 123 Å². The molecule has 4 heterocycles. The highest BCUT2D eigenvalue weighted by Crippen LogP contribution is 2.38. The minimum atomic E-state index is -3.04. The molecule has 1 fully saturated rings. The van der Waals surface area contributed by atoms with Gasteiger partial charge in [0.25, 0.3) is 0 Å². The summed E-state index contributed by atoms with van der Waals surface area (Å²) in [5, 5.41) is 9.53. The molecule has 0 spiro atoms. The Labute approximate surface area is 274 Å². The fraction of sp³-hybridized carbons (Fsp3) is 0.567. The van der Waals surface area contributed by atoms with Crippen molar-refractivity contribution < 1.29 is 24.5 Å². The van der Waals surface area contributed by atoms with Crippen molar-refractivity contribution in [3.63, 3.8) is 0 Å². The zero-order valence-electron chi connectivity index (χ0n) is 30.4. The first-order valence-electron chi connectivity index (χ1n) is 16.3. The minimum Gasteiger partial charge on any atom is -0.489 e. The molecular formula is C30H42Cl2N6O5Si. The number of amides is 1. The average molecular weight is 670 g/mol. The van der Waals surface area contributed by atoms with Gasteiger partial charge in [0.05, 0.1) is 28.1 Å². The van der Waals surface area contributed by atoms with Crippen molar-refractivity contribution >= 4 is 54.5 Å². The van der Waals surface area contributed by atoms with E-state index in [0.717, 1.165) is 4.57 Å². The summed E-state index contributed by atoms with van der Waals surface area (Å²) in [6.45, 7) is 11.0. The minimum absolute atomic E-state index is 0.00319. The van der Waals surface area contributed by atoms with Crippen LogP contribution in [0.2, 0.25) is 28.3 Å². The van der Waals surface area contributed by atoms with Crippen LogP contribution in [0.5, 0.6) is 5.75 Å². The highest BCUT2D eigenvalue weighted by Gasteiger charge is 2.37. The van der Waals surface area contributed by atoms with Crippen molar-refractivity contribution in [3.8, 4) is 11.4 Å². The molecule has 2 atom stereocenters. The van der Waals surface area contributed by atoms with E-state index in [1.807, 2.05) is 46.4 Å². The molecule has 4 rings (SSSR count). The lowest BCUT2D eigenvalue weighted by molar-refractivity contribution is 0.114. The molecule has 0 saturated carbocycles. The molecule has 0 radical (unpaired) electrons. The van der Waals surface area contributed by atoms with Crippen LogP contribution in [-0.4, -0.2) is 82.2 Å². The van der Waals surface area contributed by atoms with Crippen molar-refractivity contribution in [2.75, 3.05) is 31.1 Å². The molecule has 240 valence electrons. The van der Waals surface area contributed by atoms with Gasteiger partial charge < -0.3 is 24.1 Å². The van der Waals surface area contributed by atoms with Crippen LogP contribution in [0, 0.1) is 0 Å². The van der Waals surface area contributed by atoms with E-state index in [9.17, 15) is 14.7 Å². The highest BCUT2D eigenvalue weighted by molar-refractivity contribution is 6.74. The summed E-state index contributed by atoms with van der Waals surface area (Å²) in [6, 6.07) is 2.05. The molecule has 44 heavy (non-hydrogen) atoms. The number of hydrogen-bond donors (Lipinski definition) is 1. The number of hydrogen-bond acceptors (Lipinski definition) is 8. The molecule has 11 nitrogen and oxygen atoms in total. The van der Waals surface area contributed by atoms with E-state index in [-0.39, 0.29) is 58.1 Å². The van der Waals surface area contributed by atoms with Gasteiger partial charge in [-0.05, 0) is 44.0 Å². The largest absolute Gasteiger partial charge is 0.489 e. The quantitative estimate of drug-likeness (QED) is 0.209. The lowest BCUT2D eigenvalue weighted by Gasteiger charge is -2.43. The monoisotopic (exact) mass is 668 g/mol. The van der Waals surface area contributed by atoms with Crippen LogP contribution in [-0.2, 0) is 4.43 Å². The first-order valence-corrected chi connectivity index (χ1v) is 18.0. The lowest BCUT2D eigenvalue weighted by Crippen LogP contribution is -2.58. The predicted molar refractivity (Wildman–Crippen MR) is 177 cm³/mol. The second-order valence-electron chi connectivity index (χ2n) is 12.8. The van der Waals surface area contributed by atoms with Crippen LogP contribution in [0.25, 0.3) is 16.7 Å². The Morgan fingerprint density at radius 1 is 1.18 bits per heavy atom. The first kappa shape index (κ1) is 28.5. The Bertz CT molecular complexity index is 1790. The summed E-state index contributed by atoms with van der Waals surface area (Å²) in [5.74, 6) is -0.318. The summed E-state index contributed by atoms with van der Waals surface area (Å²) in [5.41, 5.74) is -0.501. The van der Waals surface area contributed by atoms with Crippen LogP contribution < -0.4 is 15.3 Å². The number of carboxylic acid groups (broad SMARTS) is 1. The number of pyridine rings is 2. The number of carbonyl (C=O) groups is 1. The normalized spacial score (nSPS) is 19.9. The smallest absolute Gasteiger partial charge is 0.407 e. The molecule has 0 aromatic carbocycles. The third-order valence-electron chi connectivity index (χ3n) is 8.26. The molecular weight excluding hydrogens is 623 g/mol. The Morgan fingerprint density at radius 2 is 1.86 bits per heavy atom. The Kier molecular flexibility index (Phi) is 8.31. The molecule has 14 heteroatoms. The summed E-state index contributed by atoms with van der Waals surface area (Å²) in [7, 11) is -2.82. The zero-order valence-corrected chi connectivity index (χ0v) is 28.9. The SMILES string of the molecule is [2H]C([2H])(Oc1ccnc(C(C)C)c1-n1c(=O)nc(N2C[C@@H](C)N(C(=O)O)C[C@@H]2C)c2cc(Cl)c(Cl)nc21)C([2H])([2H])O[Si](C)(C)C(C)(C)C. The van der Waals surface area contributed by atoms with Crippen LogP contribution in [0.1, 0.15) is 65.6 Å². The fourth-order valence-electron chi connectivity index (χ4n) is 4.75. The number of ether oxygens (including phenoxy) is 1. The highest BCUT2D eigenvalue weighted by atomic mass is 35.5. The third-order valence-corrected chi connectivity index (χ3v) is 13.2. The van der Waals surface area contributed by atoms with Gasteiger partial charge >= 0.3 is 11.8 Å². The number of aromatic nitrogens is 4. The van der Waals surface area contributed by atoms with E-state index in [4.69, 9.17) is 37.8 Å². The van der Waals surface area contributed by atoms with Crippen molar-refractivity contribution in [2.45, 2.75) is 84.6 Å². The number of fused-ring (bicyclic) bond motifs is 1. The lowest BCUT2D eigenvalue weighted by atomic mass is 10.1. The van der Waals surface area contributed by atoms with Gasteiger partial charge in [-0.25, -0.2) is 19.1 Å². The number of nitrogens with zero attached hydrogens (tertiary/aromatic N) is 6. The maximum atomic E-state index is 14.2. The summed E-state index contributed by atoms with van der Waals surface area (Å²) < 4.78 is 47.7. The first-order chi connectivity index (χ1) is 21.9. The molecule has 0 unspecified atom stereocenters. The van der Waals surface area contributed by atoms with E-state index in [1.165, 1.54) is 23.2 Å². The van der Waals surface area contributed by atoms with E-state index in [2.05, 4.69) is 15.0 Å². The number of rotatable bonds is 8. The third kappa shape index (κ3) is 6.68. The second-order valence-corrected chi connectivity index (χ2v) is 18.3. The van der Waals surface area contributed by atoms with Gasteiger partial charge in [-0.1, -0.05) is 57.8 Å². The second kappa shape index (κ2) is 12.8. The Balaban J connectivity index is 1.96. The summed E-state index contributed by atoms with van der Waals surface area (Å²) in [6.07, 6.45) is 0.328. The van der Waals surface area contributed by atoms with Gasteiger partial charge in [0.2, 0.25) is 0 Å². The van der Waals surface area contributed by atoms with Gasteiger partial charge in [-0.3, -0.25) is 4.98 Å². The maximum Gasteiger partial charge on any atom is 0.407 e. The van der Waals surface area contributed by atoms with Crippen LogP contribution in [0.4, 0.5) is 10.6 Å². The number of halogens is 2. The van der Waals surface area contributed by atoms with Crippen LogP contribution in [0.15, 0.2) is 23.1 Å². The summed E-state index contributed by atoms with van der Waals surface area (Å²) >= 11 is 12.9. The van der Waals surface area contributed by atoms with Gasteiger partial charge in [0, 0.05) is 37.4 Å². The van der Waals surface area contributed by atoms with Crippen molar-refractivity contribution in [1.82, 2.24) is 24.4 Å². The maximum absolute atomic E-state index is 14.2. The molecule has 1 amide bonds. The van der Waals surface area contributed by atoms with Crippen LogP contribution in [0.3, 0.4) is 0 Å². The van der Waals surface area contributed by atoms with E-state index in [0.29, 0.717) is 11.1 Å². The predicted octanol–water partition coefficient (Wildman–Crippen LogP) is 6.58. The van der Waals surface area contributed by atoms with Crippen molar-refractivity contribution in [1.29, 1.82) is 0 Å². The molecule has 3 aromatic rings. The van der Waals surface area contributed by atoms with Gasteiger partial charge in [-0.15, -0.1) is 0 Å². The molecule has 0 bridgehead atoms. The zero-order chi connectivity index (χ0) is 36.3. The fourth-order valence-corrected chi connectivity index (χ4v) is 5.64. The number of piperazine rings is 1. The Hall–Kier alpha value is -2.93. The van der Waals surface area contributed by atoms with Crippen LogP contribution >= 0.6 is 23.2 Å². The molecule has 0 aliphatic carbocycles. The Morgan fingerprint density at radius 3 is 2.48 bits per heavy atom. The van der Waals surface area contributed by atoms with Gasteiger partial charge in [-0.2, -0.15) is 4.98 Å². The summed E-state index contributed by atoms with van der Waals surface area (Å²) in [4.78, 5) is 42.5. The molecule has 3 aromatic heterocycles. The van der Waals surface area contributed by atoms with E-state index < -0.39 is 44.3 Å². The standard InChI is InChI=1S/C30H42Cl2N6O5Si/c1-17(2)23-24(22(10-11-33-23)42-12-13-43-44(8,9)30(5,6)7)38-27-20(14-21(31)25(32)34-27)26(35-28(38)39)36-15-19(4)37(29(40)41)16-18(36)3/h10-11,14,17-19H,12-13,15-16H2,1-9H3,(H,40,41)/t18-,19+/m0/s1/i12D2,13D2. The van der Waals surface area contributed by atoms with E-state index in [1.54, 1.807) is 20.0 Å². The van der Waals surface area contributed by atoms with E-state index >= 15 is 0 Å². The molecule has 1 N–H and O–H groups in total. The van der Waals surface area contributed by atoms with Crippen molar-refractivity contribution in [3.05, 3.63) is 44.7 Å². The van der Waals surface area contributed by atoms with Crippen molar-refractivity contribution in [2.24, 2.45) is 0 Å². The molecule has 1 aliphatic rings. The molecule has 1 aliphatic heterocycles. The number of anilines is 1. The average Bonchev–Trinajstić information content (AvgIpc) is 2.93.